The standard InChI is InChI=1S/C15H15N3O3S/c1-17-9-11(7-16-17)22(20,21)18-8-10-5-6-14(19)12-3-2-4-13(18)15(10)12/h2-4,7,9-10H,5-6,8H2,1H3/t10-/m1/s1. The smallest absolute Gasteiger partial charge is 0.267 e. The molecule has 1 aromatic carbocycles. The zero-order valence-corrected chi connectivity index (χ0v) is 12.9. The van der Waals surface area contributed by atoms with E-state index in [2.05, 4.69) is 5.10 Å². The third-order valence-electron chi connectivity index (χ3n) is 4.44. The van der Waals surface area contributed by atoms with Crippen LogP contribution in [0.15, 0.2) is 35.5 Å². The highest BCUT2D eigenvalue weighted by Gasteiger charge is 2.41. The Morgan fingerprint density at radius 2 is 2.14 bits per heavy atom. The Kier molecular flexibility index (Phi) is 2.72. The number of hydrogen-bond donors (Lipinski definition) is 0. The lowest BCUT2D eigenvalue weighted by molar-refractivity contribution is 0.0968. The highest BCUT2D eigenvalue weighted by molar-refractivity contribution is 7.92. The van der Waals surface area contributed by atoms with Crippen LogP contribution < -0.4 is 4.31 Å². The molecule has 1 aromatic heterocycles. The van der Waals surface area contributed by atoms with Gasteiger partial charge >= 0.3 is 0 Å². The Morgan fingerprint density at radius 1 is 1.32 bits per heavy atom. The van der Waals surface area contributed by atoms with E-state index in [1.807, 2.05) is 0 Å². The Bertz CT molecular complexity index is 885. The molecule has 2 aromatic rings. The van der Waals surface area contributed by atoms with Crippen LogP contribution in [0.5, 0.6) is 0 Å². The van der Waals surface area contributed by atoms with Gasteiger partial charge in [0.2, 0.25) is 0 Å². The number of rotatable bonds is 2. The Hall–Kier alpha value is -2.15. The molecule has 2 heterocycles. The van der Waals surface area contributed by atoms with Crippen LogP contribution in [0.25, 0.3) is 0 Å². The van der Waals surface area contributed by atoms with Crippen LogP contribution in [0.4, 0.5) is 5.69 Å². The predicted octanol–water partition coefficient (Wildman–Crippen LogP) is 1.69. The van der Waals surface area contributed by atoms with Gasteiger partial charge in [-0.05, 0) is 18.1 Å². The first-order valence-electron chi connectivity index (χ1n) is 7.16. The van der Waals surface area contributed by atoms with Crippen LogP contribution in [0.1, 0.15) is 34.7 Å². The zero-order valence-electron chi connectivity index (χ0n) is 12.1. The van der Waals surface area contributed by atoms with Crippen molar-refractivity contribution in [2.24, 2.45) is 7.05 Å². The van der Waals surface area contributed by atoms with E-state index in [-0.39, 0.29) is 16.6 Å². The van der Waals surface area contributed by atoms with Crippen LogP contribution in [-0.4, -0.2) is 30.5 Å². The predicted molar refractivity (Wildman–Crippen MR) is 80.5 cm³/mol. The second kappa shape index (κ2) is 4.42. The molecule has 0 bridgehead atoms. The molecule has 0 N–H and O–H groups in total. The minimum absolute atomic E-state index is 0.105. The quantitative estimate of drug-likeness (QED) is 0.845. The molecule has 1 aliphatic heterocycles. The molecule has 0 radical (unpaired) electrons. The van der Waals surface area contributed by atoms with Crippen molar-refractivity contribution in [3.63, 3.8) is 0 Å². The van der Waals surface area contributed by atoms with Gasteiger partial charge in [-0.25, -0.2) is 8.42 Å². The number of ketones is 1. The van der Waals surface area contributed by atoms with E-state index in [9.17, 15) is 13.2 Å². The molecule has 0 unspecified atom stereocenters. The van der Waals surface area contributed by atoms with E-state index < -0.39 is 10.0 Å². The van der Waals surface area contributed by atoms with Crippen molar-refractivity contribution in [2.45, 2.75) is 23.7 Å². The lowest BCUT2D eigenvalue weighted by atomic mass is 9.83. The number of nitrogens with zero attached hydrogens (tertiary/aromatic N) is 3. The van der Waals surface area contributed by atoms with Gasteiger partial charge in [0, 0.05) is 37.7 Å². The summed E-state index contributed by atoms with van der Waals surface area (Å²) < 4.78 is 28.6. The van der Waals surface area contributed by atoms with Crippen molar-refractivity contribution in [3.8, 4) is 0 Å². The molecule has 0 saturated carbocycles. The molecule has 2 aliphatic rings. The van der Waals surface area contributed by atoms with Crippen molar-refractivity contribution in [2.75, 3.05) is 10.8 Å². The van der Waals surface area contributed by atoms with E-state index in [1.54, 1.807) is 25.2 Å². The molecular formula is C15H15N3O3S. The number of aromatic nitrogens is 2. The second-order valence-electron chi connectivity index (χ2n) is 5.78. The monoisotopic (exact) mass is 317 g/mol. The normalized spacial score (nSPS) is 20.3. The summed E-state index contributed by atoms with van der Waals surface area (Å²) in [6.07, 6.45) is 4.05. The highest BCUT2D eigenvalue weighted by Crippen LogP contribution is 2.46. The third-order valence-corrected chi connectivity index (χ3v) is 6.17. The minimum atomic E-state index is -3.64. The zero-order chi connectivity index (χ0) is 15.5. The largest absolute Gasteiger partial charge is 0.294 e. The van der Waals surface area contributed by atoms with Crippen LogP contribution in [0, 0.1) is 0 Å². The van der Waals surface area contributed by atoms with Crippen LogP contribution in [0.3, 0.4) is 0 Å². The van der Waals surface area contributed by atoms with E-state index in [1.165, 1.54) is 21.4 Å². The molecule has 0 amide bonds. The molecule has 1 atom stereocenters. The molecule has 7 heteroatoms. The third kappa shape index (κ3) is 1.75. The summed E-state index contributed by atoms with van der Waals surface area (Å²) in [7, 11) is -1.96. The number of benzene rings is 1. The minimum Gasteiger partial charge on any atom is -0.294 e. The molecule has 0 fully saturated rings. The number of Topliss-reactive ketones (excluding diaryl/α,β-unsaturated/α-hetero) is 1. The maximum absolute atomic E-state index is 12.9. The maximum atomic E-state index is 12.9. The molecule has 6 nitrogen and oxygen atoms in total. The maximum Gasteiger partial charge on any atom is 0.267 e. The fourth-order valence-electron chi connectivity index (χ4n) is 3.39. The van der Waals surface area contributed by atoms with Gasteiger partial charge in [-0.1, -0.05) is 12.1 Å². The second-order valence-corrected chi connectivity index (χ2v) is 7.65. The first kappa shape index (κ1) is 13.5. The SMILES string of the molecule is Cn1cc(S(=O)(=O)N2C[C@H]3CCC(=O)c4cccc2c43)cn1. The van der Waals surface area contributed by atoms with Crippen LogP contribution >= 0.6 is 0 Å². The Morgan fingerprint density at radius 3 is 2.86 bits per heavy atom. The molecule has 114 valence electrons. The number of aryl methyl sites for hydroxylation is 1. The summed E-state index contributed by atoms with van der Waals surface area (Å²) in [5, 5.41) is 3.95. The summed E-state index contributed by atoms with van der Waals surface area (Å²) in [5.74, 6) is 0.212. The number of carbonyl (C=O) groups excluding carboxylic acids is 1. The first-order chi connectivity index (χ1) is 10.5. The summed E-state index contributed by atoms with van der Waals surface area (Å²) >= 11 is 0. The van der Waals surface area contributed by atoms with E-state index in [0.717, 1.165) is 5.56 Å². The van der Waals surface area contributed by atoms with Crippen molar-refractivity contribution in [3.05, 3.63) is 41.7 Å². The van der Waals surface area contributed by atoms with Gasteiger partial charge < -0.3 is 0 Å². The summed E-state index contributed by atoms with van der Waals surface area (Å²) in [4.78, 5) is 12.2. The van der Waals surface area contributed by atoms with E-state index in [0.29, 0.717) is 30.6 Å². The van der Waals surface area contributed by atoms with Gasteiger partial charge in [-0.15, -0.1) is 0 Å². The van der Waals surface area contributed by atoms with Crippen molar-refractivity contribution in [1.82, 2.24) is 9.78 Å². The van der Waals surface area contributed by atoms with E-state index in [4.69, 9.17) is 0 Å². The fourth-order valence-corrected chi connectivity index (χ4v) is 4.91. The van der Waals surface area contributed by atoms with Gasteiger partial charge in [0.25, 0.3) is 10.0 Å². The lowest BCUT2D eigenvalue weighted by Crippen LogP contribution is -2.29. The van der Waals surface area contributed by atoms with Gasteiger partial charge in [0.15, 0.2) is 5.78 Å². The van der Waals surface area contributed by atoms with E-state index >= 15 is 0 Å². The summed E-state index contributed by atoms with van der Waals surface area (Å²) in [6, 6.07) is 5.34. The number of hydrogen-bond acceptors (Lipinski definition) is 4. The molecule has 0 saturated heterocycles. The van der Waals surface area contributed by atoms with Gasteiger partial charge in [0.1, 0.15) is 4.90 Å². The number of anilines is 1. The van der Waals surface area contributed by atoms with Gasteiger partial charge in [-0.3, -0.25) is 13.8 Å². The summed E-state index contributed by atoms with van der Waals surface area (Å²) in [5.41, 5.74) is 2.21. The number of sulfonamides is 1. The molecular weight excluding hydrogens is 302 g/mol. The lowest BCUT2D eigenvalue weighted by Gasteiger charge is -2.18. The summed E-state index contributed by atoms with van der Waals surface area (Å²) in [6.45, 7) is 0.400. The molecule has 1 aliphatic carbocycles. The fraction of sp³-hybridized carbons (Fsp3) is 0.333. The van der Waals surface area contributed by atoms with Crippen molar-refractivity contribution in [1.29, 1.82) is 0 Å². The van der Waals surface area contributed by atoms with Crippen molar-refractivity contribution >= 4 is 21.5 Å². The first-order valence-corrected chi connectivity index (χ1v) is 8.60. The number of carbonyl (C=O) groups is 1. The van der Waals surface area contributed by atoms with Crippen LogP contribution in [0.2, 0.25) is 0 Å². The Balaban J connectivity index is 1.87. The molecule has 22 heavy (non-hydrogen) atoms. The average molecular weight is 317 g/mol. The highest BCUT2D eigenvalue weighted by atomic mass is 32.2. The molecule has 0 spiro atoms. The van der Waals surface area contributed by atoms with Gasteiger partial charge in [-0.2, -0.15) is 5.10 Å². The topological polar surface area (TPSA) is 72.3 Å². The molecule has 4 rings (SSSR count). The average Bonchev–Trinajstić information content (AvgIpc) is 3.09. The van der Waals surface area contributed by atoms with Crippen LogP contribution in [-0.2, 0) is 17.1 Å². The van der Waals surface area contributed by atoms with Crippen molar-refractivity contribution < 1.29 is 13.2 Å². The Labute approximate surface area is 128 Å². The van der Waals surface area contributed by atoms with Gasteiger partial charge in [0.05, 0.1) is 11.9 Å².